The summed E-state index contributed by atoms with van der Waals surface area (Å²) in [5, 5.41) is 10.1. The molecule has 1 aliphatic heterocycles. The lowest BCUT2D eigenvalue weighted by atomic mass is 10.1. The molecule has 162 valence electrons. The Balaban J connectivity index is 1.69. The number of nitrogens with zero attached hydrogens (tertiary/aromatic N) is 1. The molecule has 30 heavy (non-hydrogen) atoms. The van der Waals surface area contributed by atoms with Gasteiger partial charge in [-0.05, 0) is 36.2 Å². The van der Waals surface area contributed by atoms with Gasteiger partial charge in [-0.25, -0.2) is 13.8 Å². The van der Waals surface area contributed by atoms with Crippen LogP contribution in [-0.4, -0.2) is 28.2 Å². The molecular weight excluding hydrogens is 408 g/mol. The van der Waals surface area contributed by atoms with E-state index in [1.165, 1.54) is 17.7 Å². The van der Waals surface area contributed by atoms with Gasteiger partial charge in [-0.15, -0.1) is 0 Å². The average Bonchev–Trinajstić information content (AvgIpc) is 3.33. The minimum atomic E-state index is -3.49. The summed E-state index contributed by atoms with van der Waals surface area (Å²) in [6, 6.07) is 10.0. The second-order valence-corrected chi connectivity index (χ2v) is 6.80. The molecule has 3 rings (SSSR count). The summed E-state index contributed by atoms with van der Waals surface area (Å²) in [6.45, 7) is 2.03. The maximum absolute atomic E-state index is 13.3. The Morgan fingerprint density at radius 3 is 2.57 bits per heavy atom. The van der Waals surface area contributed by atoms with Crippen molar-refractivity contribution in [1.82, 2.24) is 10.4 Å². The Morgan fingerprint density at radius 1 is 1.27 bits per heavy atom. The fourth-order valence-electron chi connectivity index (χ4n) is 3.00. The molecule has 1 atom stereocenters. The molecule has 1 aliphatic rings. The number of nitrogens with one attached hydrogen (secondary N) is 1. The molecule has 2 N–H and O–H groups in total. The number of hydrazine groups is 1. The highest BCUT2D eigenvalue weighted by Gasteiger charge is 2.54. The molecule has 2 aromatic rings. The van der Waals surface area contributed by atoms with Gasteiger partial charge in [-0.2, -0.15) is 8.78 Å². The molecule has 1 fully saturated rings. The third-order valence-corrected chi connectivity index (χ3v) is 4.57. The highest BCUT2D eigenvalue weighted by atomic mass is 19.3. The predicted molar refractivity (Wildman–Crippen MR) is 97.6 cm³/mol. The second kappa shape index (κ2) is 8.78. The van der Waals surface area contributed by atoms with Crippen LogP contribution >= 0.6 is 0 Å². The van der Waals surface area contributed by atoms with Crippen molar-refractivity contribution < 1.29 is 36.6 Å². The molecule has 10 heteroatoms. The van der Waals surface area contributed by atoms with Crippen molar-refractivity contribution in [2.45, 2.75) is 44.9 Å². The van der Waals surface area contributed by atoms with Gasteiger partial charge in [0.1, 0.15) is 23.8 Å². The number of benzene rings is 1. The maximum Gasteiger partial charge on any atom is 0.310 e. The quantitative estimate of drug-likeness (QED) is 0.646. The van der Waals surface area contributed by atoms with Crippen LogP contribution in [0, 0.1) is 0 Å². The molecule has 6 nitrogen and oxygen atoms in total. The first kappa shape index (κ1) is 21.7. The van der Waals surface area contributed by atoms with Crippen LogP contribution in [0.5, 0.6) is 5.75 Å². The summed E-state index contributed by atoms with van der Waals surface area (Å²) in [7, 11) is 0. The summed E-state index contributed by atoms with van der Waals surface area (Å²) in [4.78, 5) is 12.5. The van der Waals surface area contributed by atoms with Crippen molar-refractivity contribution in [3.05, 3.63) is 65.3 Å². The molecule has 0 bridgehead atoms. The third-order valence-electron chi connectivity index (χ3n) is 4.57. The van der Waals surface area contributed by atoms with Gasteiger partial charge >= 0.3 is 5.91 Å². The number of ether oxygens (including phenoxy) is 1. The van der Waals surface area contributed by atoms with Crippen LogP contribution in [0.3, 0.4) is 0 Å². The molecular formula is C20H20F4N2O4. The van der Waals surface area contributed by atoms with Crippen LogP contribution in [0.15, 0.2) is 52.6 Å². The van der Waals surface area contributed by atoms with E-state index in [0.717, 1.165) is 12.8 Å². The number of furan rings is 1. The second-order valence-electron chi connectivity index (χ2n) is 6.80. The number of alkyl halides is 2. The van der Waals surface area contributed by atoms with E-state index < -0.39 is 42.0 Å². The molecule has 1 aromatic carbocycles. The van der Waals surface area contributed by atoms with E-state index in [9.17, 15) is 27.5 Å². The van der Waals surface area contributed by atoms with Crippen LogP contribution in [0.1, 0.15) is 41.6 Å². The SMILES string of the molecule is CCCc1ccc(OCc2ccc(C(=O)N3NC(=C(F)F)CC3(O)C(F)F)o2)cc1. The molecule has 1 unspecified atom stereocenters. The number of aryl methyl sites for hydroxylation is 1. The van der Waals surface area contributed by atoms with E-state index >= 15 is 0 Å². The maximum atomic E-state index is 13.3. The summed E-state index contributed by atoms with van der Waals surface area (Å²) in [5.74, 6) is -0.855. The summed E-state index contributed by atoms with van der Waals surface area (Å²) in [5.41, 5.74) is -1.09. The number of carbonyl (C=O) groups excluding carboxylic acids is 1. The smallest absolute Gasteiger partial charge is 0.310 e. The monoisotopic (exact) mass is 428 g/mol. The molecule has 0 aliphatic carbocycles. The van der Waals surface area contributed by atoms with Crippen molar-refractivity contribution in [1.29, 1.82) is 0 Å². The Kier molecular flexibility index (Phi) is 6.35. The first-order chi connectivity index (χ1) is 14.2. The average molecular weight is 428 g/mol. The Bertz CT molecular complexity index is 925. The first-order valence-electron chi connectivity index (χ1n) is 9.21. The normalized spacial score (nSPS) is 18.6. The minimum absolute atomic E-state index is 0.0444. The number of carbonyl (C=O) groups is 1. The molecule has 0 spiro atoms. The third kappa shape index (κ3) is 4.43. The Labute approximate surface area is 169 Å². The standard InChI is InChI=1S/C20H20F4N2O4/c1-2-3-12-4-6-13(7-5-12)29-11-14-8-9-16(30-14)18(27)26-20(28,19(23)24)10-15(25-26)17(21)22/h4-9,19,25,28H,2-3,10-11H2,1H3. The highest BCUT2D eigenvalue weighted by Crippen LogP contribution is 2.35. The largest absolute Gasteiger partial charge is 0.486 e. The van der Waals surface area contributed by atoms with Crippen molar-refractivity contribution >= 4 is 5.91 Å². The summed E-state index contributed by atoms with van der Waals surface area (Å²) >= 11 is 0. The van der Waals surface area contributed by atoms with E-state index in [-0.39, 0.29) is 17.4 Å². The van der Waals surface area contributed by atoms with Crippen molar-refractivity contribution in [2.75, 3.05) is 0 Å². The van der Waals surface area contributed by atoms with Gasteiger partial charge < -0.3 is 14.3 Å². The Hall–Kier alpha value is -3.01. The van der Waals surface area contributed by atoms with E-state index in [0.29, 0.717) is 5.75 Å². The zero-order valence-corrected chi connectivity index (χ0v) is 16.0. The van der Waals surface area contributed by atoms with Crippen LogP contribution in [0.4, 0.5) is 17.6 Å². The van der Waals surface area contributed by atoms with Crippen LogP contribution in [-0.2, 0) is 13.0 Å². The van der Waals surface area contributed by atoms with Gasteiger partial charge in [0.25, 0.3) is 12.5 Å². The summed E-state index contributed by atoms with van der Waals surface area (Å²) in [6.07, 6.45) is -4.96. The number of hydrogen-bond donors (Lipinski definition) is 2. The van der Waals surface area contributed by atoms with Crippen LogP contribution < -0.4 is 10.2 Å². The molecule has 2 heterocycles. The molecule has 1 amide bonds. The fourth-order valence-corrected chi connectivity index (χ4v) is 3.00. The fraction of sp³-hybridized carbons (Fsp3) is 0.350. The van der Waals surface area contributed by atoms with Crippen molar-refractivity contribution in [3.8, 4) is 5.75 Å². The highest BCUT2D eigenvalue weighted by molar-refractivity contribution is 5.92. The molecule has 0 radical (unpaired) electrons. The zero-order valence-electron chi connectivity index (χ0n) is 16.0. The van der Waals surface area contributed by atoms with E-state index in [4.69, 9.17) is 9.15 Å². The number of hydrogen-bond acceptors (Lipinski definition) is 5. The lowest BCUT2D eigenvalue weighted by Gasteiger charge is -2.30. The molecule has 1 saturated heterocycles. The van der Waals surface area contributed by atoms with Gasteiger partial charge in [-0.3, -0.25) is 10.2 Å². The van der Waals surface area contributed by atoms with E-state index in [2.05, 4.69) is 6.92 Å². The van der Waals surface area contributed by atoms with E-state index in [1.807, 2.05) is 17.6 Å². The van der Waals surface area contributed by atoms with E-state index in [1.54, 1.807) is 12.1 Å². The van der Waals surface area contributed by atoms with Gasteiger partial charge in [0.15, 0.2) is 5.76 Å². The molecule has 0 saturated carbocycles. The number of halogens is 4. The van der Waals surface area contributed by atoms with Crippen LogP contribution in [0.2, 0.25) is 0 Å². The molecule has 1 aromatic heterocycles. The topological polar surface area (TPSA) is 74.9 Å². The van der Waals surface area contributed by atoms with Crippen molar-refractivity contribution in [2.24, 2.45) is 0 Å². The summed E-state index contributed by atoms with van der Waals surface area (Å²) < 4.78 is 63.0. The minimum Gasteiger partial charge on any atom is -0.486 e. The number of rotatable bonds is 7. The predicted octanol–water partition coefficient (Wildman–Crippen LogP) is 4.22. The first-order valence-corrected chi connectivity index (χ1v) is 9.21. The number of aliphatic hydroxyl groups is 1. The number of amides is 1. The van der Waals surface area contributed by atoms with Gasteiger partial charge in [-0.1, -0.05) is 25.5 Å². The Morgan fingerprint density at radius 2 is 1.97 bits per heavy atom. The van der Waals surface area contributed by atoms with Gasteiger partial charge in [0, 0.05) is 0 Å². The van der Waals surface area contributed by atoms with Crippen molar-refractivity contribution in [3.63, 3.8) is 0 Å². The van der Waals surface area contributed by atoms with Gasteiger partial charge in [0.2, 0.25) is 5.72 Å². The lowest BCUT2D eigenvalue weighted by Crippen LogP contribution is -2.55. The lowest BCUT2D eigenvalue weighted by molar-refractivity contribution is -0.168. The van der Waals surface area contributed by atoms with Gasteiger partial charge in [0.05, 0.1) is 6.42 Å². The van der Waals surface area contributed by atoms with Crippen LogP contribution in [0.25, 0.3) is 0 Å². The zero-order chi connectivity index (χ0) is 21.9.